The van der Waals surface area contributed by atoms with Crippen molar-refractivity contribution in [2.24, 2.45) is 51.8 Å². The smallest absolute Gasteiger partial charge is 0.245 e. The normalized spacial score (nSPS) is 32.8. The highest BCUT2D eigenvalue weighted by molar-refractivity contribution is 6.31. The van der Waals surface area contributed by atoms with Crippen LogP contribution in [0.3, 0.4) is 0 Å². The fraction of sp³-hybridized carbons (Fsp3) is 0.704. The Labute approximate surface area is 643 Å². The topological polar surface area (TPSA) is 245 Å². The van der Waals surface area contributed by atoms with Gasteiger partial charge in [0.05, 0.1) is 16.8 Å². The molecule has 9 fully saturated rings. The second-order valence-electron chi connectivity index (χ2n) is 35.5. The highest BCUT2D eigenvalue weighted by Gasteiger charge is 2.55. The van der Waals surface area contributed by atoms with Crippen LogP contribution < -0.4 is 31.9 Å². The third kappa shape index (κ3) is 17.6. The van der Waals surface area contributed by atoms with Crippen LogP contribution >= 0.6 is 58.0 Å². The second kappa shape index (κ2) is 32.3. The number of benzene rings is 3. The van der Waals surface area contributed by atoms with Crippen LogP contribution in [0.4, 0.5) is 0 Å². The molecule has 14 atom stereocenters. The average Bonchev–Trinajstić information content (AvgIpc) is 1.74. The maximum absolute atomic E-state index is 13.6. The van der Waals surface area contributed by atoms with E-state index in [-0.39, 0.29) is 98.3 Å². The van der Waals surface area contributed by atoms with Crippen LogP contribution in [-0.4, -0.2) is 170 Å². The Kier molecular flexibility index (Phi) is 25.5. The number of nitrogens with one attached hydrogen (secondary N) is 6. The Morgan fingerprint density at radius 3 is 0.933 bits per heavy atom. The summed E-state index contributed by atoms with van der Waals surface area (Å²) in [7, 11) is 0. The summed E-state index contributed by atoms with van der Waals surface area (Å²) in [5, 5.41) is 57.0. The molecule has 23 heteroatoms. The number of carbonyl (C=O) groups excluding carboxylic acids is 6. The van der Waals surface area contributed by atoms with E-state index in [4.69, 9.17) is 58.0 Å². The van der Waals surface area contributed by atoms with Crippen LogP contribution in [0.25, 0.3) is 0 Å². The Morgan fingerprint density at radius 2 is 0.692 bits per heavy atom. The van der Waals surface area contributed by atoms with Crippen molar-refractivity contribution in [1.82, 2.24) is 46.6 Å². The number of halogens is 5. The van der Waals surface area contributed by atoms with E-state index in [1.807, 2.05) is 134 Å². The number of hydrogen-bond acceptors (Lipinski definition) is 12. The van der Waals surface area contributed by atoms with E-state index in [0.29, 0.717) is 73.6 Å². The molecule has 3 aliphatic carbocycles. The third-order valence-electron chi connectivity index (χ3n) is 25.8. The van der Waals surface area contributed by atoms with Gasteiger partial charge in [-0.2, -0.15) is 0 Å². The van der Waals surface area contributed by atoms with Gasteiger partial charge in [-0.3, -0.25) is 28.8 Å². The first-order valence-corrected chi connectivity index (χ1v) is 40.4. The molecule has 0 radical (unpaired) electrons. The summed E-state index contributed by atoms with van der Waals surface area (Å²) in [6, 6.07) is 20.2. The number of alkyl halides is 2. The first kappa shape index (κ1) is 82.2. The molecule has 6 amide bonds. The summed E-state index contributed by atoms with van der Waals surface area (Å²) in [6.07, 6.45) is 13.2. The molecule has 3 aromatic rings. The van der Waals surface area contributed by atoms with Crippen LogP contribution in [0.5, 0.6) is 0 Å². The molecule has 0 bridgehead atoms. The summed E-state index contributed by atoms with van der Waals surface area (Å²) in [4.78, 5) is 86.0. The van der Waals surface area contributed by atoms with Gasteiger partial charge in [-0.15, -0.1) is 23.2 Å². The van der Waals surface area contributed by atoms with Gasteiger partial charge in [-0.25, -0.2) is 0 Å². The lowest BCUT2D eigenvalue weighted by Gasteiger charge is -2.51. The molecule has 0 aromatic heterocycles. The standard InChI is InChI=1S/2C27H39Cl2N3O3.C27H40ClN3O3/c2*1-17(2)22(31-23(33)18-9-10-26(13-18)14-21(29)15-30-26)24(34)32-12-11-27(35,25(3,4)16-32)19-5-7-20(28)8-6-19;1-18(2)22(30-23(32)19-10-12-26(16-19)11-5-14-29-26)24(33)31-15-13-27(34,25(3,4)17-31)20-6-8-21(28)9-7-20/h2*5-8,17-18,21-22,30,35H,9-16H2,1-4H3,(H,31,33);6-9,18-19,22,29,34H,5,10-17H2,1-4H3,(H,30,32)/t2*18-,21?,22-,26?,27+;19-,22-,26?,27+/m111/s1. The van der Waals surface area contributed by atoms with E-state index in [1.54, 1.807) is 36.4 Å². The van der Waals surface area contributed by atoms with Crippen molar-refractivity contribution in [2.45, 2.75) is 248 Å². The minimum absolute atomic E-state index is 0.00608. The highest BCUT2D eigenvalue weighted by Crippen LogP contribution is 2.51. The van der Waals surface area contributed by atoms with Crippen LogP contribution in [0.15, 0.2) is 72.8 Å². The number of likely N-dealkylation sites (tertiary alicyclic amines) is 3. The lowest BCUT2D eigenvalue weighted by Crippen LogP contribution is -2.60. The molecule has 104 heavy (non-hydrogen) atoms. The fourth-order valence-electron chi connectivity index (χ4n) is 19.0. The molecule has 3 saturated carbocycles. The Balaban J connectivity index is 0.000000167. The lowest BCUT2D eigenvalue weighted by atomic mass is 9.66. The van der Waals surface area contributed by atoms with Gasteiger partial charge in [0, 0.05) is 129 Å². The van der Waals surface area contributed by atoms with Crippen molar-refractivity contribution in [3.8, 4) is 0 Å². The van der Waals surface area contributed by atoms with Gasteiger partial charge in [0.25, 0.3) is 0 Å². The third-order valence-corrected chi connectivity index (χ3v) is 27.2. The lowest BCUT2D eigenvalue weighted by molar-refractivity contribution is -0.157. The predicted molar refractivity (Wildman–Crippen MR) is 413 cm³/mol. The summed E-state index contributed by atoms with van der Waals surface area (Å²) in [5.74, 6) is -0.628. The zero-order chi connectivity index (χ0) is 75.9. The van der Waals surface area contributed by atoms with Crippen molar-refractivity contribution < 1.29 is 44.1 Å². The van der Waals surface area contributed by atoms with Gasteiger partial charge in [0.2, 0.25) is 35.4 Å². The minimum atomic E-state index is -1.07. The largest absolute Gasteiger partial charge is 0.384 e. The van der Waals surface area contributed by atoms with Gasteiger partial charge < -0.3 is 61.9 Å². The number of nitrogens with zero attached hydrogens (tertiary/aromatic N) is 3. The second-order valence-corrected chi connectivity index (χ2v) is 38.1. The van der Waals surface area contributed by atoms with E-state index in [1.165, 1.54) is 6.42 Å². The molecule has 6 heterocycles. The molecule has 18 nitrogen and oxygen atoms in total. The van der Waals surface area contributed by atoms with Gasteiger partial charge in [0.1, 0.15) is 18.1 Å². The van der Waals surface area contributed by atoms with E-state index >= 15 is 0 Å². The maximum atomic E-state index is 13.6. The summed E-state index contributed by atoms with van der Waals surface area (Å²) < 4.78 is 0. The van der Waals surface area contributed by atoms with Crippen LogP contribution in [0, 0.1) is 51.8 Å². The molecule has 9 N–H and O–H groups in total. The molecular weight excluding hydrogens is 1420 g/mol. The predicted octanol–water partition coefficient (Wildman–Crippen LogP) is 12.0. The minimum Gasteiger partial charge on any atom is -0.384 e. The van der Waals surface area contributed by atoms with Gasteiger partial charge >= 0.3 is 0 Å². The zero-order valence-corrected chi connectivity index (χ0v) is 67.3. The first-order chi connectivity index (χ1) is 48.7. The van der Waals surface area contributed by atoms with Gasteiger partial charge in [0.15, 0.2) is 0 Å². The monoisotopic (exact) mass is 1540 g/mol. The molecule has 576 valence electrons. The number of rotatable bonds is 15. The quantitative estimate of drug-likeness (QED) is 0.0645. The van der Waals surface area contributed by atoms with Crippen molar-refractivity contribution in [3.63, 3.8) is 0 Å². The average molecular weight is 1540 g/mol. The number of hydrogen-bond donors (Lipinski definition) is 9. The Hall–Kier alpha value is -4.31. The summed E-state index contributed by atoms with van der Waals surface area (Å²) in [6.45, 7) is 28.9. The molecule has 6 aliphatic heterocycles. The van der Waals surface area contributed by atoms with Crippen LogP contribution in [0.2, 0.25) is 15.1 Å². The van der Waals surface area contributed by atoms with Crippen molar-refractivity contribution in [1.29, 1.82) is 0 Å². The van der Waals surface area contributed by atoms with Crippen molar-refractivity contribution in [3.05, 3.63) is 105 Å². The van der Waals surface area contributed by atoms with Crippen LogP contribution in [-0.2, 0) is 45.6 Å². The number of carbonyl (C=O) groups is 6. The summed E-state index contributed by atoms with van der Waals surface area (Å²) >= 11 is 30.8. The zero-order valence-electron chi connectivity index (χ0n) is 63.5. The van der Waals surface area contributed by atoms with Gasteiger partial charge in [-0.1, -0.05) is 154 Å². The number of amides is 6. The molecular formula is C81H118Cl5N9O9. The molecule has 12 rings (SSSR count). The van der Waals surface area contributed by atoms with E-state index in [9.17, 15) is 44.1 Å². The molecule has 6 saturated heterocycles. The Bertz CT molecular complexity index is 3390. The van der Waals surface area contributed by atoms with Crippen molar-refractivity contribution in [2.75, 3.05) is 58.9 Å². The SMILES string of the molecule is CC(C)[C@@H](NC(=O)[C@@H]1CCC2(CC(Cl)CN2)C1)C(=O)N1CC[C@](O)(c2ccc(Cl)cc2)C(C)(C)C1.CC(C)[C@@H](NC(=O)[C@@H]1CCC2(CC(Cl)CN2)C1)C(=O)N1CC[C@](O)(c2ccc(Cl)cc2)C(C)(C)C1.CC(C)[C@@H](NC(=O)[C@@H]1CCC2(CCCN2)C1)C(=O)N1CC[C@](O)(c2ccc(Cl)cc2)C(C)(C)C1. The molecule has 9 aliphatic rings. The first-order valence-electron chi connectivity index (χ1n) is 38.4. The van der Waals surface area contributed by atoms with Crippen molar-refractivity contribution >= 4 is 93.4 Å². The fourth-order valence-corrected chi connectivity index (χ4v) is 20.2. The maximum Gasteiger partial charge on any atom is 0.245 e. The van der Waals surface area contributed by atoms with E-state index in [2.05, 4.69) is 31.9 Å². The van der Waals surface area contributed by atoms with E-state index < -0.39 is 51.2 Å². The summed E-state index contributed by atoms with van der Waals surface area (Å²) in [5.41, 5.74) is -2.43. The number of aliphatic hydroxyl groups is 3. The molecule has 3 aromatic carbocycles. The molecule has 3 spiro atoms. The van der Waals surface area contributed by atoms with Gasteiger partial charge in [-0.05, 0) is 180 Å². The van der Waals surface area contributed by atoms with E-state index in [0.717, 1.165) is 113 Å². The highest BCUT2D eigenvalue weighted by atomic mass is 35.5. The Morgan fingerprint density at radius 1 is 0.413 bits per heavy atom. The number of piperidine rings is 3. The van der Waals surface area contributed by atoms with Crippen LogP contribution in [0.1, 0.15) is 203 Å². The molecule has 5 unspecified atom stereocenters.